The normalized spacial score (nSPS) is 12.3. The maximum atomic E-state index is 15.6. The summed E-state index contributed by atoms with van der Waals surface area (Å²) in [5.41, 5.74) is 8.60. The van der Waals surface area contributed by atoms with E-state index in [1.165, 1.54) is 21.3 Å². The van der Waals surface area contributed by atoms with E-state index in [1.807, 2.05) is 144 Å². The van der Waals surface area contributed by atoms with Crippen LogP contribution in [0.5, 0.6) is 0 Å². The van der Waals surface area contributed by atoms with Crippen LogP contribution in [0.3, 0.4) is 0 Å². The molecule has 0 aliphatic heterocycles. The second-order valence-corrected chi connectivity index (χ2v) is 24.4. The third-order valence-electron chi connectivity index (χ3n) is 15.8. The Labute approximate surface area is 560 Å². The molecule has 0 aliphatic rings. The number of nitrogens with zero attached hydrogens (tertiary/aromatic N) is 4. The van der Waals surface area contributed by atoms with Crippen LogP contribution in [0.1, 0.15) is 153 Å². The summed E-state index contributed by atoms with van der Waals surface area (Å²) < 4.78 is 69.3. The second kappa shape index (κ2) is 38.8. The minimum Gasteiger partial charge on any atom is -0.870 e. The van der Waals surface area contributed by atoms with Crippen LogP contribution < -0.4 is 30.0 Å². The monoisotopic (exact) mass is 1300 g/mol. The fraction of sp³-hybridized carbons (Fsp3) is 0.457. The fourth-order valence-electron chi connectivity index (χ4n) is 11.4. The summed E-state index contributed by atoms with van der Waals surface area (Å²) in [5.74, 6) is -9.00. The molecule has 496 valence electrons. The first-order valence-electron chi connectivity index (χ1n) is 29.7. The number of pyridine rings is 2. The number of halogens is 4. The van der Waals surface area contributed by atoms with Gasteiger partial charge in [0, 0.05) is 62.3 Å². The molecule has 4 N–H and O–H groups in total. The van der Waals surface area contributed by atoms with Gasteiger partial charge in [0.15, 0.2) is 34.8 Å². The maximum Gasteiger partial charge on any atom is 1.00 e. The molecule has 91 heavy (non-hydrogen) atoms. The number of carbonyl (C=O) groups excluding carboxylic acids is 3. The van der Waals surface area contributed by atoms with Crippen molar-refractivity contribution >= 4 is 50.5 Å². The molecule has 0 spiro atoms. The number of carboxylic acids is 1. The number of esters is 1. The van der Waals surface area contributed by atoms with Crippen molar-refractivity contribution in [3.8, 4) is 22.3 Å². The third-order valence-corrected chi connectivity index (χ3v) is 15.8. The predicted molar refractivity (Wildman–Crippen MR) is 359 cm³/mol. The number of rotatable bonds is 27. The molecular weight excluding hydrogens is 1200 g/mol. The molecule has 2 aromatic heterocycles. The molecule has 0 amide bonds. The van der Waals surface area contributed by atoms with Crippen molar-refractivity contribution in [2.75, 3.05) is 47.9 Å². The van der Waals surface area contributed by atoms with Crippen molar-refractivity contribution in [1.29, 1.82) is 0 Å². The SMILES string of the molecule is CCOC(=O)C[C@H](CC(=O)C(CC(C)C)n1cc(CCN(C)C)c(C)cc1=O)c1cc(-c2c(C)cccc2C)cc(F)c1F.Cc1cc(=O)n(C(CC(C)C)C(=O)C[C@@H](CC(=O)O)c2cc(-c3c(C)cccc3C)cc(F)c2F)cc1CCN(C)C.O.S.S.[Li+].[OH-]. The summed E-state index contributed by atoms with van der Waals surface area (Å²) in [6.45, 7) is 22.4. The van der Waals surface area contributed by atoms with Gasteiger partial charge >= 0.3 is 30.8 Å². The number of ether oxygens (including phenoxy) is 1. The fourth-order valence-corrected chi connectivity index (χ4v) is 11.4. The van der Waals surface area contributed by atoms with Crippen LogP contribution in [0, 0.1) is 76.6 Å². The first-order chi connectivity index (χ1) is 40.4. The number of likely N-dealkylation sites (N-methyl/N-ethyl adjacent to an activating group) is 2. The van der Waals surface area contributed by atoms with Gasteiger partial charge < -0.3 is 39.7 Å². The van der Waals surface area contributed by atoms with Gasteiger partial charge in [0.1, 0.15) is 0 Å². The molecule has 0 fully saturated rings. The van der Waals surface area contributed by atoms with Gasteiger partial charge in [-0.2, -0.15) is 27.0 Å². The van der Waals surface area contributed by atoms with Crippen LogP contribution in [0.15, 0.2) is 94.8 Å². The largest absolute Gasteiger partial charge is 1.00 e. The zero-order chi connectivity index (χ0) is 64.0. The Kier molecular flexibility index (Phi) is 36.2. The molecule has 0 saturated heterocycles. The third kappa shape index (κ3) is 23.5. The first kappa shape index (κ1) is 84.9. The van der Waals surface area contributed by atoms with E-state index in [-0.39, 0.29) is 123 Å². The molecule has 0 saturated carbocycles. The predicted octanol–water partition coefficient (Wildman–Crippen LogP) is 9.96. The second-order valence-electron chi connectivity index (χ2n) is 24.4. The quantitative estimate of drug-likeness (QED) is 0.0291. The molecule has 14 nitrogen and oxygen atoms in total. The zero-order valence-corrected chi connectivity index (χ0v) is 57.9. The maximum absolute atomic E-state index is 15.6. The van der Waals surface area contributed by atoms with E-state index in [1.54, 1.807) is 31.5 Å². The summed E-state index contributed by atoms with van der Waals surface area (Å²) in [5, 5.41) is 9.72. The van der Waals surface area contributed by atoms with E-state index in [2.05, 4.69) is 0 Å². The van der Waals surface area contributed by atoms with Gasteiger partial charge in [0.25, 0.3) is 11.1 Å². The van der Waals surface area contributed by atoms with Crippen LogP contribution in [-0.2, 0) is 36.8 Å². The minimum absolute atomic E-state index is 0. The number of carbonyl (C=O) groups is 4. The van der Waals surface area contributed by atoms with Crippen molar-refractivity contribution in [3.63, 3.8) is 0 Å². The summed E-state index contributed by atoms with van der Waals surface area (Å²) in [6, 6.07) is 17.9. The molecule has 6 rings (SSSR count). The van der Waals surface area contributed by atoms with Crippen molar-refractivity contribution < 1.29 is 76.4 Å². The average molecular weight is 1300 g/mol. The molecule has 6 aromatic rings. The number of Topliss-reactive ketones (excluding diaryl/α,β-unsaturated/α-hetero) is 2. The van der Waals surface area contributed by atoms with E-state index in [4.69, 9.17) is 4.74 Å². The Morgan fingerprint density at radius 3 is 1.20 bits per heavy atom. The van der Waals surface area contributed by atoms with Crippen LogP contribution in [0.4, 0.5) is 17.6 Å². The van der Waals surface area contributed by atoms with Crippen molar-refractivity contribution in [1.82, 2.24) is 18.9 Å². The first-order valence-corrected chi connectivity index (χ1v) is 29.7. The standard InChI is InChI=1S/C36H46F2N2O4.C34H42F2N2O4.Li.2H2O.2H2S/c1-9-44-34(43)20-27(29-17-28(18-30(37)36(29)38)35-23(4)11-10-12-24(35)5)19-32(41)31(15-22(2)3)40-21-26(13-14-39(7)8)25(6)16-33(40)42;1-20(2)13-29(38-19-24(11-12-37(6)7)23(5)14-31(38)40)30(39)17-25(18-32(41)42)27-15-26(16-28(35)34(27)36)33-21(3)9-8-10-22(33)4;;;;;/h10-12,16-18,21-22,27,31H,9,13-15,19-20H2,1-8H3;8-10,14-16,19-20,25,29H,11-13,17-18H2,1-7H3,(H,41,42);;4*1H2/q;;+1;;;;/p-1/t27-,31?;25-,29?;;;;;/m00...../s1. The molecule has 2 unspecified atom stereocenters. The molecule has 2 heterocycles. The van der Waals surface area contributed by atoms with E-state index in [0.29, 0.717) is 36.8 Å². The van der Waals surface area contributed by atoms with Crippen LogP contribution >= 0.6 is 27.0 Å². The number of hydrogen-bond donors (Lipinski definition) is 1. The number of hydrogen-bond acceptors (Lipinski definition) is 10. The van der Waals surface area contributed by atoms with E-state index in [0.717, 1.165) is 80.9 Å². The van der Waals surface area contributed by atoms with Gasteiger partial charge in [0.2, 0.25) is 0 Å². The van der Waals surface area contributed by atoms with Crippen LogP contribution in [0.2, 0.25) is 0 Å². The summed E-state index contributed by atoms with van der Waals surface area (Å²) in [4.78, 5) is 83.2. The van der Waals surface area contributed by atoms with Gasteiger partial charge in [-0.05, 0) is 216 Å². The average Bonchev–Trinajstić information content (AvgIpc) is 0.992. The topological polar surface area (TPSA) is 210 Å². The van der Waals surface area contributed by atoms with Crippen molar-refractivity contribution in [2.24, 2.45) is 11.8 Å². The van der Waals surface area contributed by atoms with Gasteiger partial charge in [-0.25, -0.2) is 17.6 Å². The molecular formula is C70H95F4LiN4O10S2. The number of benzene rings is 4. The van der Waals surface area contributed by atoms with Crippen LogP contribution in [-0.4, -0.2) is 106 Å². The molecule has 21 heteroatoms. The molecule has 0 aliphatic carbocycles. The number of aromatic nitrogens is 2. The van der Waals surface area contributed by atoms with E-state index < -0.39 is 71.3 Å². The van der Waals surface area contributed by atoms with Crippen molar-refractivity contribution in [3.05, 3.63) is 185 Å². The smallest absolute Gasteiger partial charge is 0.870 e. The summed E-state index contributed by atoms with van der Waals surface area (Å²) in [7, 11) is 7.85. The number of aliphatic carboxylic acids is 1. The zero-order valence-electron chi connectivity index (χ0n) is 55.9. The van der Waals surface area contributed by atoms with Gasteiger partial charge in [-0.3, -0.25) is 28.8 Å². The van der Waals surface area contributed by atoms with Gasteiger partial charge in [-0.15, -0.1) is 0 Å². The number of ketones is 2. The Balaban J connectivity index is 0.00000169. The van der Waals surface area contributed by atoms with Crippen LogP contribution in [0.25, 0.3) is 22.3 Å². The Hall–Kier alpha value is -6.08. The van der Waals surface area contributed by atoms with Gasteiger partial charge in [0.05, 0.1) is 31.5 Å². The number of aryl methyl sites for hydroxylation is 6. The minimum atomic E-state index is -1.23. The molecule has 0 radical (unpaired) electrons. The molecule has 0 bridgehead atoms. The molecule has 4 aromatic carbocycles. The Morgan fingerprint density at radius 1 is 0.549 bits per heavy atom. The van der Waals surface area contributed by atoms with Gasteiger partial charge in [-0.1, -0.05) is 64.1 Å². The summed E-state index contributed by atoms with van der Waals surface area (Å²) >= 11 is 0. The van der Waals surface area contributed by atoms with Crippen molar-refractivity contribution in [2.45, 2.75) is 151 Å². The number of carboxylic acid groups (broad SMARTS) is 1. The summed E-state index contributed by atoms with van der Waals surface area (Å²) in [6.07, 6.45) is 4.07. The van der Waals surface area contributed by atoms with E-state index >= 15 is 17.6 Å². The van der Waals surface area contributed by atoms with E-state index in [9.17, 15) is 33.9 Å². The Morgan fingerprint density at radius 2 is 0.890 bits per heavy atom. The molecule has 4 atom stereocenters. The Bertz CT molecular complexity index is 3500.